The summed E-state index contributed by atoms with van der Waals surface area (Å²) >= 11 is 8.59. The average Bonchev–Trinajstić information content (AvgIpc) is 2.81. The lowest BCUT2D eigenvalue weighted by atomic mass is 10.2. The van der Waals surface area contributed by atoms with Gasteiger partial charge in [-0.25, -0.2) is 9.97 Å². The van der Waals surface area contributed by atoms with Gasteiger partial charge in [0.1, 0.15) is 11.3 Å². The topological polar surface area (TPSA) is 30.7 Å². The molecule has 0 aliphatic heterocycles. The van der Waals surface area contributed by atoms with Crippen molar-refractivity contribution in [2.45, 2.75) is 19.2 Å². The minimum atomic E-state index is -0.178. The molecule has 1 atom stereocenters. The van der Waals surface area contributed by atoms with Crippen molar-refractivity contribution in [2.75, 3.05) is 0 Å². The fourth-order valence-corrected chi connectivity index (χ4v) is 2.73. The minimum absolute atomic E-state index is 0.178. The smallest absolute Gasteiger partial charge is 0.164 e. The first-order valence-electron chi connectivity index (χ1n) is 6.32. The molecule has 1 unspecified atom stereocenters. The van der Waals surface area contributed by atoms with Crippen LogP contribution >= 0.6 is 34.2 Å². The van der Waals surface area contributed by atoms with Crippen LogP contribution in [0.15, 0.2) is 36.5 Å². The van der Waals surface area contributed by atoms with E-state index in [4.69, 9.17) is 11.6 Å². The third-order valence-corrected chi connectivity index (χ3v) is 4.13. The van der Waals surface area contributed by atoms with Gasteiger partial charge in [0.25, 0.3) is 0 Å². The molecular formula is C15H13ClIN3. The van der Waals surface area contributed by atoms with Crippen LogP contribution in [0.5, 0.6) is 0 Å². The van der Waals surface area contributed by atoms with Crippen molar-refractivity contribution < 1.29 is 0 Å². The Kier molecular flexibility index (Phi) is 3.69. The molecule has 0 saturated heterocycles. The summed E-state index contributed by atoms with van der Waals surface area (Å²) < 4.78 is 3.23. The molecule has 3 aromatic rings. The van der Waals surface area contributed by atoms with Crippen LogP contribution in [-0.4, -0.2) is 14.5 Å². The normalized spacial score (nSPS) is 12.8. The Labute approximate surface area is 136 Å². The zero-order valence-electron chi connectivity index (χ0n) is 11.1. The van der Waals surface area contributed by atoms with E-state index in [1.807, 2.05) is 30.7 Å². The van der Waals surface area contributed by atoms with E-state index in [1.54, 1.807) is 0 Å². The van der Waals surface area contributed by atoms with Crippen LogP contribution in [0.25, 0.3) is 16.9 Å². The lowest BCUT2D eigenvalue weighted by molar-refractivity contribution is 0.877. The maximum Gasteiger partial charge on any atom is 0.164 e. The van der Waals surface area contributed by atoms with Gasteiger partial charge in [0.2, 0.25) is 0 Å². The number of nitrogens with zero attached hydrogens (tertiary/aromatic N) is 3. The van der Waals surface area contributed by atoms with E-state index < -0.39 is 0 Å². The highest BCUT2D eigenvalue weighted by Gasteiger charge is 2.18. The van der Waals surface area contributed by atoms with Crippen LogP contribution in [0.4, 0.5) is 0 Å². The van der Waals surface area contributed by atoms with Crippen molar-refractivity contribution in [2.24, 2.45) is 0 Å². The van der Waals surface area contributed by atoms with Crippen LogP contribution in [0, 0.1) is 10.5 Å². The molecule has 0 radical (unpaired) electrons. The van der Waals surface area contributed by atoms with Gasteiger partial charge in [0.15, 0.2) is 5.65 Å². The van der Waals surface area contributed by atoms with Crippen LogP contribution < -0.4 is 0 Å². The molecule has 0 spiro atoms. The maximum absolute atomic E-state index is 6.30. The second-order valence-corrected chi connectivity index (χ2v) is 6.60. The van der Waals surface area contributed by atoms with Crippen molar-refractivity contribution in [1.29, 1.82) is 0 Å². The van der Waals surface area contributed by atoms with Gasteiger partial charge in [0.05, 0.1) is 5.38 Å². The highest BCUT2D eigenvalue weighted by molar-refractivity contribution is 14.1. The van der Waals surface area contributed by atoms with Crippen molar-refractivity contribution >= 4 is 45.4 Å². The number of aryl methyl sites for hydroxylation is 1. The van der Waals surface area contributed by atoms with E-state index >= 15 is 0 Å². The monoisotopic (exact) mass is 397 g/mol. The Balaban J connectivity index is 2.35. The van der Waals surface area contributed by atoms with E-state index in [-0.39, 0.29) is 5.38 Å². The first-order chi connectivity index (χ1) is 9.58. The fourth-order valence-electron chi connectivity index (χ4n) is 2.22. The van der Waals surface area contributed by atoms with Crippen LogP contribution in [0.1, 0.15) is 23.7 Å². The van der Waals surface area contributed by atoms with Gasteiger partial charge in [-0.15, -0.1) is 11.6 Å². The molecule has 5 heteroatoms. The predicted molar refractivity (Wildman–Crippen MR) is 90.6 cm³/mol. The molecule has 1 aromatic carbocycles. The van der Waals surface area contributed by atoms with Gasteiger partial charge in [-0.1, -0.05) is 0 Å². The quantitative estimate of drug-likeness (QED) is 0.466. The summed E-state index contributed by atoms with van der Waals surface area (Å²) in [5.41, 5.74) is 3.91. The summed E-state index contributed by atoms with van der Waals surface area (Å²) in [7, 11) is 0. The van der Waals surface area contributed by atoms with Crippen molar-refractivity contribution in [3.63, 3.8) is 0 Å². The molecule has 0 amide bonds. The Morgan fingerprint density at radius 3 is 2.55 bits per heavy atom. The lowest BCUT2D eigenvalue weighted by Crippen LogP contribution is -2.02. The van der Waals surface area contributed by atoms with Gasteiger partial charge >= 0.3 is 0 Å². The number of benzene rings is 1. The van der Waals surface area contributed by atoms with Gasteiger partial charge in [-0.3, -0.25) is 4.57 Å². The number of imidazole rings is 1. The van der Waals surface area contributed by atoms with Crippen LogP contribution in [-0.2, 0) is 0 Å². The van der Waals surface area contributed by atoms with Crippen LogP contribution in [0.3, 0.4) is 0 Å². The number of aromatic nitrogens is 3. The first kappa shape index (κ1) is 13.8. The van der Waals surface area contributed by atoms with E-state index in [0.29, 0.717) is 0 Å². The number of hydrogen-bond acceptors (Lipinski definition) is 2. The molecule has 102 valence electrons. The first-order valence-corrected chi connectivity index (χ1v) is 7.83. The molecule has 3 rings (SSSR count). The van der Waals surface area contributed by atoms with E-state index in [2.05, 4.69) is 56.8 Å². The van der Waals surface area contributed by atoms with Gasteiger partial charge in [0, 0.05) is 15.5 Å². The molecule has 3 nitrogen and oxygen atoms in total. The fraction of sp³-hybridized carbons (Fsp3) is 0.200. The highest BCUT2D eigenvalue weighted by Crippen LogP contribution is 2.28. The Hall–Kier alpha value is -1.14. The molecule has 2 aromatic heterocycles. The van der Waals surface area contributed by atoms with Crippen molar-refractivity contribution in [3.8, 4) is 5.69 Å². The minimum Gasteiger partial charge on any atom is -0.279 e. The molecule has 0 N–H and O–H groups in total. The summed E-state index contributed by atoms with van der Waals surface area (Å²) in [5, 5.41) is -0.178. The number of fused-ring (bicyclic) bond motifs is 1. The molecule has 0 fully saturated rings. The summed E-state index contributed by atoms with van der Waals surface area (Å²) in [4.78, 5) is 9.16. The summed E-state index contributed by atoms with van der Waals surface area (Å²) in [6, 6.07) is 10.2. The molecule has 0 bridgehead atoms. The summed E-state index contributed by atoms with van der Waals surface area (Å²) in [6.07, 6.45) is 1.81. The Morgan fingerprint density at radius 2 is 1.90 bits per heavy atom. The molecular weight excluding hydrogens is 385 g/mol. The predicted octanol–water partition coefficient (Wildman–Crippen LogP) is 4.63. The van der Waals surface area contributed by atoms with E-state index in [0.717, 1.165) is 28.2 Å². The zero-order valence-corrected chi connectivity index (χ0v) is 14.1. The Bertz CT molecular complexity index is 763. The van der Waals surface area contributed by atoms with Gasteiger partial charge in [-0.2, -0.15) is 0 Å². The maximum atomic E-state index is 6.30. The molecule has 0 aliphatic rings. The second kappa shape index (κ2) is 5.33. The van der Waals surface area contributed by atoms with Crippen LogP contribution in [0.2, 0.25) is 0 Å². The number of alkyl halides is 1. The lowest BCUT2D eigenvalue weighted by Gasteiger charge is -2.10. The molecule has 20 heavy (non-hydrogen) atoms. The van der Waals surface area contributed by atoms with Gasteiger partial charge < -0.3 is 0 Å². The zero-order chi connectivity index (χ0) is 14.3. The van der Waals surface area contributed by atoms with Crippen molar-refractivity contribution in [3.05, 3.63) is 51.5 Å². The number of rotatable bonds is 2. The van der Waals surface area contributed by atoms with E-state index in [9.17, 15) is 0 Å². The summed E-state index contributed by atoms with van der Waals surface area (Å²) in [6.45, 7) is 3.97. The van der Waals surface area contributed by atoms with Crippen molar-refractivity contribution in [1.82, 2.24) is 14.5 Å². The third kappa shape index (κ3) is 2.31. The Morgan fingerprint density at radius 1 is 1.20 bits per heavy atom. The number of halogens is 2. The second-order valence-electron chi connectivity index (χ2n) is 4.70. The molecule has 0 saturated carbocycles. The largest absolute Gasteiger partial charge is 0.279 e. The SMILES string of the molecule is Cc1ccnc2c1nc(C(C)Cl)n2-c1ccc(I)cc1. The van der Waals surface area contributed by atoms with E-state index in [1.165, 1.54) is 3.57 Å². The average molecular weight is 398 g/mol. The third-order valence-electron chi connectivity index (χ3n) is 3.21. The van der Waals surface area contributed by atoms with Gasteiger partial charge in [-0.05, 0) is 72.3 Å². The number of pyridine rings is 1. The molecule has 0 aliphatic carbocycles. The number of hydrogen-bond donors (Lipinski definition) is 0. The highest BCUT2D eigenvalue weighted by atomic mass is 127. The standard InChI is InChI=1S/C15H13ClIN3/c1-9-7-8-18-15-13(9)19-14(10(2)16)20(15)12-5-3-11(17)4-6-12/h3-8,10H,1-2H3. The molecule has 2 heterocycles. The summed E-state index contributed by atoms with van der Waals surface area (Å²) in [5.74, 6) is 0.824.